The van der Waals surface area contributed by atoms with Crippen LogP contribution in [0, 0.1) is 0 Å². The molecule has 7 nitrogen and oxygen atoms in total. The van der Waals surface area contributed by atoms with Crippen LogP contribution in [0.2, 0.25) is 0 Å². The number of hydrogen-bond acceptors (Lipinski definition) is 7. The Kier molecular flexibility index (Phi) is 5.98. The predicted molar refractivity (Wildman–Crippen MR) is 116 cm³/mol. The van der Waals surface area contributed by atoms with E-state index < -0.39 is 17.7 Å². The van der Waals surface area contributed by atoms with Crippen LogP contribution in [-0.2, 0) is 9.47 Å². The van der Waals surface area contributed by atoms with E-state index in [0.717, 1.165) is 17.2 Å². The van der Waals surface area contributed by atoms with Crippen LogP contribution in [0.15, 0.2) is 44.9 Å². The van der Waals surface area contributed by atoms with Crippen LogP contribution in [0.5, 0.6) is 0 Å². The van der Waals surface area contributed by atoms with Gasteiger partial charge in [0.15, 0.2) is 5.43 Å². The molecule has 0 radical (unpaired) electrons. The van der Waals surface area contributed by atoms with Crippen molar-refractivity contribution in [3.05, 3.63) is 51.7 Å². The third-order valence-electron chi connectivity index (χ3n) is 4.12. The van der Waals surface area contributed by atoms with Crippen molar-refractivity contribution in [2.75, 3.05) is 18.6 Å². The molecule has 0 aliphatic heterocycles. The number of esters is 1. The summed E-state index contributed by atoms with van der Waals surface area (Å²) in [4.78, 5) is 38.1. The minimum Gasteiger partial charge on any atom is -0.460 e. The van der Waals surface area contributed by atoms with Gasteiger partial charge in [-0.05, 0) is 57.0 Å². The van der Waals surface area contributed by atoms with Crippen LogP contribution in [0.3, 0.4) is 0 Å². The number of anilines is 1. The minimum atomic E-state index is -0.673. The first-order chi connectivity index (χ1) is 14.1. The number of fused-ring (bicyclic) bond motifs is 1. The van der Waals surface area contributed by atoms with Gasteiger partial charge in [-0.15, -0.1) is 11.3 Å². The molecule has 1 aromatic carbocycles. The molecule has 158 valence electrons. The van der Waals surface area contributed by atoms with E-state index in [1.165, 1.54) is 16.2 Å². The Morgan fingerprint density at radius 1 is 1.13 bits per heavy atom. The molecule has 30 heavy (non-hydrogen) atoms. The van der Waals surface area contributed by atoms with Gasteiger partial charge in [0, 0.05) is 18.5 Å². The number of hydrogen-bond donors (Lipinski definition) is 0. The van der Waals surface area contributed by atoms with E-state index in [2.05, 4.69) is 0 Å². The van der Waals surface area contributed by atoms with Crippen molar-refractivity contribution in [3.63, 3.8) is 0 Å². The molecule has 0 unspecified atom stereocenters. The molecule has 0 spiro atoms. The minimum absolute atomic E-state index is 0.126. The van der Waals surface area contributed by atoms with Crippen molar-refractivity contribution < 1.29 is 23.5 Å². The number of nitrogens with zero attached hydrogens (tertiary/aromatic N) is 1. The number of ether oxygens (including phenoxy) is 2. The number of carbonyl (C=O) groups is 2. The summed E-state index contributed by atoms with van der Waals surface area (Å²) in [6.07, 6.45) is -0.443. The summed E-state index contributed by atoms with van der Waals surface area (Å²) in [7, 11) is 1.65. The summed E-state index contributed by atoms with van der Waals surface area (Å²) in [5.74, 6) is -0.799. The van der Waals surface area contributed by atoms with E-state index in [1.807, 2.05) is 32.2 Å². The first-order valence-electron chi connectivity index (χ1n) is 9.39. The van der Waals surface area contributed by atoms with Gasteiger partial charge in [-0.3, -0.25) is 9.69 Å². The Labute approximate surface area is 177 Å². The van der Waals surface area contributed by atoms with E-state index in [1.54, 1.807) is 32.2 Å². The van der Waals surface area contributed by atoms with Gasteiger partial charge in [-0.1, -0.05) is 6.07 Å². The van der Waals surface area contributed by atoms with Crippen molar-refractivity contribution in [3.8, 4) is 11.1 Å². The molecule has 0 N–H and O–H groups in total. The lowest BCUT2D eigenvalue weighted by Gasteiger charge is -2.23. The van der Waals surface area contributed by atoms with Crippen LogP contribution in [0.1, 0.15) is 38.2 Å². The Morgan fingerprint density at radius 2 is 1.87 bits per heavy atom. The molecule has 2 aromatic heterocycles. The van der Waals surface area contributed by atoms with Crippen LogP contribution >= 0.6 is 11.3 Å². The predicted octanol–water partition coefficient (Wildman–Crippen LogP) is 5.07. The van der Waals surface area contributed by atoms with Crippen molar-refractivity contribution in [1.29, 1.82) is 0 Å². The average Bonchev–Trinajstić information content (AvgIpc) is 3.16. The summed E-state index contributed by atoms with van der Waals surface area (Å²) in [6, 6.07) is 8.13. The monoisotopic (exact) mass is 429 g/mol. The second-order valence-electron chi connectivity index (χ2n) is 7.62. The molecule has 0 saturated carbocycles. The highest BCUT2D eigenvalue weighted by Crippen LogP contribution is 2.33. The fourth-order valence-electron chi connectivity index (χ4n) is 2.71. The maximum absolute atomic E-state index is 12.5. The molecule has 1 amide bonds. The smallest absolute Gasteiger partial charge is 0.415 e. The summed E-state index contributed by atoms with van der Waals surface area (Å²) < 4.78 is 15.8. The van der Waals surface area contributed by atoms with Crippen molar-refractivity contribution >= 4 is 39.4 Å². The summed E-state index contributed by atoms with van der Waals surface area (Å²) in [5.41, 5.74) is 1.03. The Balaban J connectivity index is 1.90. The van der Waals surface area contributed by atoms with Crippen LogP contribution in [-0.4, -0.2) is 31.3 Å². The molecule has 0 aliphatic carbocycles. The highest BCUT2D eigenvalue weighted by molar-refractivity contribution is 7.14. The quantitative estimate of drug-likeness (QED) is 0.538. The molecule has 2 heterocycles. The van der Waals surface area contributed by atoms with E-state index in [0.29, 0.717) is 16.0 Å². The lowest BCUT2D eigenvalue weighted by Crippen LogP contribution is -2.33. The molecular formula is C22H23NO6S. The first kappa shape index (κ1) is 21.6. The molecule has 3 aromatic rings. The molecule has 0 fully saturated rings. The van der Waals surface area contributed by atoms with Gasteiger partial charge in [0.2, 0.25) is 5.76 Å². The third-order valence-corrected chi connectivity index (χ3v) is 5.13. The van der Waals surface area contributed by atoms with Crippen LogP contribution in [0.4, 0.5) is 9.80 Å². The summed E-state index contributed by atoms with van der Waals surface area (Å²) in [5, 5.41) is 2.96. The standard InChI is InChI=1S/C22H23NO6S/c1-6-27-20(25)18-11-16(24)15-9-13(7-8-17(15)28-18)14-10-19(30-12-14)23(5)21(26)29-22(2,3)4/h7-12H,6H2,1-5H3. The Hall–Kier alpha value is -3.13. The van der Waals surface area contributed by atoms with Crippen molar-refractivity contribution in [2.45, 2.75) is 33.3 Å². The zero-order chi connectivity index (χ0) is 22.1. The SMILES string of the molecule is CCOC(=O)c1cc(=O)c2cc(-c3csc(N(C)C(=O)OC(C)(C)C)c3)ccc2o1. The number of thiophene rings is 1. The molecule has 0 atom stereocenters. The summed E-state index contributed by atoms with van der Waals surface area (Å²) >= 11 is 1.39. The summed E-state index contributed by atoms with van der Waals surface area (Å²) in [6.45, 7) is 7.31. The van der Waals surface area contributed by atoms with E-state index in [9.17, 15) is 14.4 Å². The molecule has 0 bridgehead atoms. The number of rotatable bonds is 4. The van der Waals surface area contributed by atoms with Crippen LogP contribution in [0.25, 0.3) is 22.1 Å². The normalized spacial score (nSPS) is 11.4. The number of carbonyl (C=O) groups excluding carboxylic acids is 2. The van der Waals surface area contributed by atoms with Gasteiger partial charge in [0.25, 0.3) is 0 Å². The van der Waals surface area contributed by atoms with Gasteiger partial charge >= 0.3 is 12.1 Å². The van der Waals surface area contributed by atoms with Gasteiger partial charge in [-0.25, -0.2) is 9.59 Å². The molecule has 8 heteroatoms. The lowest BCUT2D eigenvalue weighted by atomic mass is 10.1. The van der Waals surface area contributed by atoms with Gasteiger partial charge in [0.05, 0.1) is 12.0 Å². The van der Waals surface area contributed by atoms with Gasteiger partial charge in [-0.2, -0.15) is 0 Å². The maximum Gasteiger partial charge on any atom is 0.415 e. The highest BCUT2D eigenvalue weighted by atomic mass is 32.1. The zero-order valence-electron chi connectivity index (χ0n) is 17.5. The van der Waals surface area contributed by atoms with Crippen molar-refractivity contribution in [1.82, 2.24) is 0 Å². The Morgan fingerprint density at radius 3 is 2.53 bits per heavy atom. The average molecular weight is 429 g/mol. The fraction of sp³-hybridized carbons (Fsp3) is 0.318. The maximum atomic E-state index is 12.5. The largest absolute Gasteiger partial charge is 0.460 e. The van der Waals surface area contributed by atoms with E-state index in [-0.39, 0.29) is 17.8 Å². The van der Waals surface area contributed by atoms with E-state index in [4.69, 9.17) is 13.9 Å². The number of benzene rings is 1. The molecule has 3 rings (SSSR count). The first-order valence-corrected chi connectivity index (χ1v) is 10.3. The van der Waals surface area contributed by atoms with Crippen LogP contribution < -0.4 is 10.3 Å². The van der Waals surface area contributed by atoms with Crippen molar-refractivity contribution in [2.24, 2.45) is 0 Å². The zero-order valence-corrected chi connectivity index (χ0v) is 18.3. The van der Waals surface area contributed by atoms with E-state index >= 15 is 0 Å². The third kappa shape index (κ3) is 4.71. The lowest BCUT2D eigenvalue weighted by molar-refractivity contribution is 0.0489. The molecular weight excluding hydrogens is 406 g/mol. The van der Waals surface area contributed by atoms with Gasteiger partial charge in [0.1, 0.15) is 16.2 Å². The Bertz CT molecular complexity index is 1150. The second-order valence-corrected chi connectivity index (χ2v) is 8.51. The highest BCUT2D eigenvalue weighted by Gasteiger charge is 2.22. The second kappa shape index (κ2) is 8.31. The topological polar surface area (TPSA) is 86.1 Å². The molecule has 0 aliphatic rings. The van der Waals surface area contributed by atoms with Gasteiger partial charge < -0.3 is 13.9 Å². The number of amides is 1. The molecule has 0 saturated heterocycles. The fourth-order valence-corrected chi connectivity index (χ4v) is 3.59.